The summed E-state index contributed by atoms with van der Waals surface area (Å²) in [5, 5.41) is 31.1. The molecule has 0 aliphatic heterocycles. The van der Waals surface area contributed by atoms with E-state index >= 15 is 0 Å². The highest BCUT2D eigenvalue weighted by atomic mass is 16.3. The lowest BCUT2D eigenvalue weighted by molar-refractivity contribution is -0.117. The predicted molar refractivity (Wildman–Crippen MR) is 95.6 cm³/mol. The molecule has 0 saturated carbocycles. The maximum absolute atomic E-state index is 12.5. The second-order valence-corrected chi connectivity index (χ2v) is 5.64. The molecule has 0 saturated heterocycles. The molecule has 2 rings (SSSR count). The van der Waals surface area contributed by atoms with E-state index in [9.17, 15) is 20.3 Å². The summed E-state index contributed by atoms with van der Waals surface area (Å²) < 4.78 is 0. The first-order valence-electron chi connectivity index (χ1n) is 8.04. The summed E-state index contributed by atoms with van der Waals surface area (Å²) in [6, 6.07) is 15.4. The second kappa shape index (κ2) is 8.55. The van der Waals surface area contributed by atoms with Gasteiger partial charge >= 0.3 is 0 Å². The monoisotopic (exact) mass is 336 g/mol. The molecule has 0 radical (unpaired) electrons. The number of hydrogen-bond acceptors (Lipinski definition) is 4. The smallest absolute Gasteiger partial charge is 0.262 e. The van der Waals surface area contributed by atoms with Crippen molar-refractivity contribution in [3.05, 3.63) is 65.2 Å². The lowest BCUT2D eigenvalue weighted by Crippen LogP contribution is -2.29. The third-order valence-corrected chi connectivity index (χ3v) is 3.76. The number of amides is 1. The fourth-order valence-electron chi connectivity index (χ4n) is 2.48. The molecule has 3 N–H and O–H groups in total. The first kappa shape index (κ1) is 18.1. The van der Waals surface area contributed by atoms with Crippen molar-refractivity contribution in [2.75, 3.05) is 0 Å². The normalized spacial score (nSPS) is 12.2. The van der Waals surface area contributed by atoms with E-state index in [2.05, 4.69) is 5.32 Å². The molecule has 0 aliphatic rings. The average molecular weight is 336 g/mol. The third kappa shape index (κ3) is 4.85. The van der Waals surface area contributed by atoms with Crippen LogP contribution in [0.2, 0.25) is 0 Å². The number of nitrogens with one attached hydrogen (secondary N) is 1. The van der Waals surface area contributed by atoms with Crippen molar-refractivity contribution >= 4 is 12.0 Å². The van der Waals surface area contributed by atoms with Crippen molar-refractivity contribution in [3.63, 3.8) is 0 Å². The minimum Gasteiger partial charge on any atom is -0.504 e. The van der Waals surface area contributed by atoms with Crippen LogP contribution in [0.25, 0.3) is 6.08 Å². The van der Waals surface area contributed by atoms with Crippen LogP contribution in [0.5, 0.6) is 11.5 Å². The Hall–Kier alpha value is -3.26. The second-order valence-electron chi connectivity index (χ2n) is 5.64. The van der Waals surface area contributed by atoms with Gasteiger partial charge in [-0.2, -0.15) is 5.26 Å². The fourth-order valence-corrected chi connectivity index (χ4v) is 2.48. The number of nitriles is 1. The van der Waals surface area contributed by atoms with Gasteiger partial charge in [0.25, 0.3) is 5.91 Å². The Morgan fingerprint density at radius 1 is 1.20 bits per heavy atom. The molecular formula is C20H20N2O3. The number of carbonyl (C=O) groups excluding carboxylic acids is 1. The Balaban J connectivity index is 2.22. The van der Waals surface area contributed by atoms with Crippen molar-refractivity contribution in [1.82, 2.24) is 5.32 Å². The minimum atomic E-state index is -0.475. The van der Waals surface area contributed by atoms with Gasteiger partial charge in [-0.25, -0.2) is 0 Å². The van der Waals surface area contributed by atoms with Crippen molar-refractivity contribution in [1.29, 1.82) is 5.26 Å². The van der Waals surface area contributed by atoms with E-state index in [1.807, 2.05) is 43.3 Å². The molecule has 0 spiro atoms. The number of aromatic hydroxyl groups is 2. The molecule has 25 heavy (non-hydrogen) atoms. The van der Waals surface area contributed by atoms with Gasteiger partial charge in [0.2, 0.25) is 0 Å². The van der Waals surface area contributed by atoms with Gasteiger partial charge in [-0.1, -0.05) is 49.7 Å². The largest absolute Gasteiger partial charge is 0.504 e. The molecule has 1 unspecified atom stereocenters. The summed E-state index contributed by atoms with van der Waals surface area (Å²) in [6.07, 6.45) is 3.02. The molecule has 2 aromatic rings. The van der Waals surface area contributed by atoms with Gasteiger partial charge in [0, 0.05) is 0 Å². The van der Waals surface area contributed by atoms with Crippen molar-refractivity contribution in [2.45, 2.75) is 25.8 Å². The van der Waals surface area contributed by atoms with E-state index in [0.29, 0.717) is 5.56 Å². The first-order chi connectivity index (χ1) is 12.0. The number of phenols is 2. The van der Waals surface area contributed by atoms with E-state index in [0.717, 1.165) is 18.4 Å². The number of nitrogens with zero attached hydrogens (tertiary/aromatic N) is 1. The predicted octanol–water partition coefficient (Wildman–Crippen LogP) is 3.66. The van der Waals surface area contributed by atoms with Crippen LogP contribution in [-0.2, 0) is 4.79 Å². The number of hydrogen-bond donors (Lipinski definition) is 3. The van der Waals surface area contributed by atoms with Crippen LogP contribution in [0.4, 0.5) is 0 Å². The summed E-state index contributed by atoms with van der Waals surface area (Å²) in [6.45, 7) is 2.03. The lowest BCUT2D eigenvalue weighted by atomic mass is 10.0. The van der Waals surface area contributed by atoms with Crippen molar-refractivity contribution in [2.24, 2.45) is 0 Å². The Morgan fingerprint density at radius 2 is 1.92 bits per heavy atom. The highest BCUT2D eigenvalue weighted by Crippen LogP contribution is 2.26. The summed E-state index contributed by atoms with van der Waals surface area (Å²) >= 11 is 0. The van der Waals surface area contributed by atoms with Gasteiger partial charge in [0.15, 0.2) is 11.5 Å². The van der Waals surface area contributed by atoms with Crippen LogP contribution < -0.4 is 5.32 Å². The molecule has 0 fully saturated rings. The summed E-state index contributed by atoms with van der Waals surface area (Å²) in [5.74, 6) is -1.04. The molecule has 2 aromatic carbocycles. The van der Waals surface area contributed by atoms with Crippen LogP contribution in [-0.4, -0.2) is 16.1 Å². The molecule has 1 amide bonds. The quantitative estimate of drug-likeness (QED) is 0.426. The van der Waals surface area contributed by atoms with Gasteiger partial charge in [-0.15, -0.1) is 0 Å². The zero-order chi connectivity index (χ0) is 18.2. The highest BCUT2D eigenvalue weighted by Gasteiger charge is 2.17. The Kier molecular flexibility index (Phi) is 6.19. The molecule has 5 nitrogen and oxygen atoms in total. The number of phenolic OH excluding ortho intramolecular Hbond substituents is 2. The van der Waals surface area contributed by atoms with E-state index in [-0.39, 0.29) is 23.1 Å². The Labute approximate surface area is 146 Å². The van der Waals surface area contributed by atoms with Crippen molar-refractivity contribution in [3.8, 4) is 17.6 Å². The maximum atomic E-state index is 12.5. The van der Waals surface area contributed by atoms with E-state index in [1.165, 1.54) is 24.3 Å². The SMILES string of the molecule is CCCC(NC(=O)/C(C#N)=C/c1ccc(O)c(O)c1)c1ccccc1. The van der Waals surface area contributed by atoms with Gasteiger partial charge < -0.3 is 15.5 Å². The Morgan fingerprint density at radius 3 is 2.52 bits per heavy atom. The molecular weight excluding hydrogens is 316 g/mol. The molecule has 1 atom stereocenters. The summed E-state index contributed by atoms with van der Waals surface area (Å²) in [7, 11) is 0. The maximum Gasteiger partial charge on any atom is 0.262 e. The number of rotatable bonds is 6. The molecule has 0 bridgehead atoms. The lowest BCUT2D eigenvalue weighted by Gasteiger charge is -2.18. The van der Waals surface area contributed by atoms with Crippen LogP contribution in [0.1, 0.15) is 36.9 Å². The van der Waals surface area contributed by atoms with Gasteiger partial charge in [0.05, 0.1) is 6.04 Å². The molecule has 5 heteroatoms. The average Bonchev–Trinajstić information content (AvgIpc) is 2.62. The molecule has 128 valence electrons. The van der Waals surface area contributed by atoms with Crippen LogP contribution >= 0.6 is 0 Å². The van der Waals surface area contributed by atoms with Crippen LogP contribution in [0, 0.1) is 11.3 Å². The van der Waals surface area contributed by atoms with E-state index in [4.69, 9.17) is 0 Å². The van der Waals surface area contributed by atoms with E-state index < -0.39 is 5.91 Å². The third-order valence-electron chi connectivity index (χ3n) is 3.76. The minimum absolute atomic E-state index is 0.0675. The fraction of sp³-hybridized carbons (Fsp3) is 0.200. The number of carbonyl (C=O) groups is 1. The van der Waals surface area contributed by atoms with Gasteiger partial charge in [-0.05, 0) is 35.8 Å². The first-order valence-corrected chi connectivity index (χ1v) is 8.04. The highest BCUT2D eigenvalue weighted by molar-refractivity contribution is 6.01. The standard InChI is InChI=1S/C20H20N2O3/c1-2-6-17(15-7-4-3-5-8-15)22-20(25)16(13-21)11-14-9-10-18(23)19(24)12-14/h3-5,7-12,17,23-24H,2,6H2,1H3,(H,22,25)/b16-11+. The summed E-state index contributed by atoms with van der Waals surface area (Å²) in [5.41, 5.74) is 1.37. The zero-order valence-electron chi connectivity index (χ0n) is 13.9. The topological polar surface area (TPSA) is 93.4 Å². The van der Waals surface area contributed by atoms with Gasteiger partial charge in [0.1, 0.15) is 11.6 Å². The zero-order valence-corrected chi connectivity index (χ0v) is 13.9. The van der Waals surface area contributed by atoms with Crippen LogP contribution in [0.3, 0.4) is 0 Å². The van der Waals surface area contributed by atoms with E-state index in [1.54, 1.807) is 0 Å². The molecule has 0 aliphatic carbocycles. The van der Waals surface area contributed by atoms with Crippen molar-refractivity contribution < 1.29 is 15.0 Å². The molecule has 0 heterocycles. The molecule has 0 aromatic heterocycles. The summed E-state index contributed by atoms with van der Waals surface area (Å²) in [4.78, 5) is 12.5. The Bertz CT molecular complexity index is 807. The number of benzene rings is 2. The van der Waals surface area contributed by atoms with Gasteiger partial charge in [-0.3, -0.25) is 4.79 Å². The van der Waals surface area contributed by atoms with Crippen LogP contribution in [0.15, 0.2) is 54.1 Å².